The van der Waals surface area contributed by atoms with Crippen molar-refractivity contribution in [2.45, 2.75) is 96.8 Å². The molecule has 0 aromatic heterocycles. The highest BCUT2D eigenvalue weighted by atomic mass is 16.4. The Morgan fingerprint density at radius 3 is 1.68 bits per heavy atom. The van der Waals surface area contributed by atoms with Crippen LogP contribution in [0.2, 0.25) is 0 Å². The van der Waals surface area contributed by atoms with Crippen LogP contribution in [0.4, 0.5) is 0 Å². The fourth-order valence-electron chi connectivity index (χ4n) is 3.41. The molecule has 0 bridgehead atoms. The van der Waals surface area contributed by atoms with Crippen molar-refractivity contribution in [1.82, 2.24) is 4.90 Å². The van der Waals surface area contributed by atoms with Crippen LogP contribution >= 0.6 is 0 Å². The Bertz CT molecular complexity index is 369. The Balaban J connectivity index is 1.79. The van der Waals surface area contributed by atoms with E-state index in [1.807, 2.05) is 12.3 Å². The molecule has 144 valence electrons. The first-order valence-electron chi connectivity index (χ1n) is 10.7. The van der Waals surface area contributed by atoms with Crippen LogP contribution in [0, 0.1) is 0 Å². The maximum absolute atomic E-state index is 9.09. The summed E-state index contributed by atoms with van der Waals surface area (Å²) in [6.07, 6.45) is 25.2. The van der Waals surface area contributed by atoms with E-state index in [1.165, 1.54) is 89.9 Å². The van der Waals surface area contributed by atoms with E-state index in [9.17, 15) is 0 Å². The van der Waals surface area contributed by atoms with Gasteiger partial charge in [0.15, 0.2) is 0 Å². The summed E-state index contributed by atoms with van der Waals surface area (Å²) in [6.45, 7) is 4.14. The van der Waals surface area contributed by atoms with Crippen LogP contribution in [0.5, 0.6) is 0 Å². The highest BCUT2D eigenvalue weighted by Gasteiger charge is 2.14. The van der Waals surface area contributed by atoms with Crippen LogP contribution in [-0.4, -0.2) is 35.2 Å². The van der Waals surface area contributed by atoms with E-state index in [0.717, 1.165) is 13.1 Å². The molecule has 3 nitrogen and oxygen atoms in total. The van der Waals surface area contributed by atoms with Crippen molar-refractivity contribution >= 4 is 7.12 Å². The van der Waals surface area contributed by atoms with Gasteiger partial charge in [-0.05, 0) is 24.2 Å². The lowest BCUT2D eigenvalue weighted by molar-refractivity contribution is 0.386. The number of nitrogens with zero attached hydrogens (tertiary/aromatic N) is 1. The van der Waals surface area contributed by atoms with Crippen molar-refractivity contribution in [3.63, 3.8) is 0 Å². The SMILES string of the molecule is CCCCCCCCCCCCCCCCN1C=CC(B(O)O)=CC1. The first-order chi connectivity index (χ1) is 12.2. The molecule has 1 heterocycles. The highest BCUT2D eigenvalue weighted by Crippen LogP contribution is 2.14. The summed E-state index contributed by atoms with van der Waals surface area (Å²) >= 11 is 0. The molecule has 0 fully saturated rings. The lowest BCUT2D eigenvalue weighted by atomic mass is 9.78. The van der Waals surface area contributed by atoms with Crippen molar-refractivity contribution in [2.75, 3.05) is 13.1 Å². The highest BCUT2D eigenvalue weighted by molar-refractivity contribution is 6.51. The predicted molar refractivity (Wildman–Crippen MR) is 109 cm³/mol. The first-order valence-corrected chi connectivity index (χ1v) is 10.7. The summed E-state index contributed by atoms with van der Waals surface area (Å²) in [4.78, 5) is 2.24. The average molecular weight is 349 g/mol. The fourth-order valence-corrected chi connectivity index (χ4v) is 3.41. The number of hydrogen-bond acceptors (Lipinski definition) is 3. The third-order valence-corrected chi connectivity index (χ3v) is 5.14. The maximum atomic E-state index is 9.09. The van der Waals surface area contributed by atoms with Gasteiger partial charge in [0.25, 0.3) is 0 Å². The molecule has 4 heteroatoms. The van der Waals surface area contributed by atoms with Crippen molar-refractivity contribution in [1.29, 1.82) is 0 Å². The molecule has 0 unspecified atom stereocenters. The van der Waals surface area contributed by atoms with Gasteiger partial charge in [0.2, 0.25) is 0 Å². The van der Waals surface area contributed by atoms with Crippen LogP contribution in [0.15, 0.2) is 23.8 Å². The molecular weight excluding hydrogens is 309 g/mol. The number of allylic oxidation sites excluding steroid dienone is 2. The number of unbranched alkanes of at least 4 members (excludes halogenated alkanes) is 13. The van der Waals surface area contributed by atoms with Crippen LogP contribution < -0.4 is 0 Å². The monoisotopic (exact) mass is 349 g/mol. The summed E-state index contributed by atoms with van der Waals surface area (Å²) in [6, 6.07) is 0. The van der Waals surface area contributed by atoms with Crippen molar-refractivity contribution in [3.05, 3.63) is 23.8 Å². The molecule has 0 saturated heterocycles. The molecule has 0 atom stereocenters. The summed E-state index contributed by atoms with van der Waals surface area (Å²) < 4.78 is 0. The average Bonchev–Trinajstić information content (AvgIpc) is 2.62. The third-order valence-electron chi connectivity index (χ3n) is 5.14. The van der Waals surface area contributed by atoms with Gasteiger partial charge in [-0.15, -0.1) is 0 Å². The van der Waals surface area contributed by atoms with Gasteiger partial charge in [-0.1, -0.05) is 96.5 Å². The lowest BCUT2D eigenvalue weighted by Gasteiger charge is -2.22. The Morgan fingerprint density at radius 2 is 1.28 bits per heavy atom. The lowest BCUT2D eigenvalue weighted by Crippen LogP contribution is -2.25. The van der Waals surface area contributed by atoms with E-state index < -0.39 is 7.12 Å². The van der Waals surface area contributed by atoms with Crippen molar-refractivity contribution in [2.24, 2.45) is 0 Å². The Hall–Kier alpha value is -0.735. The van der Waals surface area contributed by atoms with Crippen LogP contribution in [0.25, 0.3) is 0 Å². The van der Waals surface area contributed by atoms with Crippen molar-refractivity contribution < 1.29 is 10.0 Å². The van der Waals surface area contributed by atoms with Crippen LogP contribution in [-0.2, 0) is 0 Å². The van der Waals surface area contributed by atoms with Gasteiger partial charge in [-0.25, -0.2) is 0 Å². The number of rotatable bonds is 16. The van der Waals surface area contributed by atoms with E-state index in [-0.39, 0.29) is 0 Å². The first kappa shape index (κ1) is 22.3. The molecule has 0 saturated carbocycles. The van der Waals surface area contributed by atoms with Crippen LogP contribution in [0.3, 0.4) is 0 Å². The second-order valence-electron chi connectivity index (χ2n) is 7.48. The van der Waals surface area contributed by atoms with Crippen molar-refractivity contribution in [3.8, 4) is 0 Å². The minimum Gasteiger partial charge on any atom is -0.423 e. The Labute approximate surface area is 156 Å². The minimum atomic E-state index is -1.33. The topological polar surface area (TPSA) is 43.7 Å². The van der Waals surface area contributed by atoms with Gasteiger partial charge in [-0.3, -0.25) is 0 Å². The smallest absolute Gasteiger partial charge is 0.423 e. The zero-order chi connectivity index (χ0) is 18.2. The van der Waals surface area contributed by atoms with Gasteiger partial charge in [0.1, 0.15) is 0 Å². The predicted octanol–water partition coefficient (Wildman–Crippen LogP) is 5.24. The molecule has 0 radical (unpaired) electrons. The quantitative estimate of drug-likeness (QED) is 0.296. The van der Waals surface area contributed by atoms with Gasteiger partial charge < -0.3 is 14.9 Å². The van der Waals surface area contributed by atoms with E-state index in [4.69, 9.17) is 10.0 Å². The fraction of sp³-hybridized carbons (Fsp3) is 0.810. The molecule has 0 spiro atoms. The zero-order valence-electron chi connectivity index (χ0n) is 16.5. The third kappa shape index (κ3) is 12.3. The van der Waals surface area contributed by atoms with E-state index in [1.54, 1.807) is 6.08 Å². The summed E-state index contributed by atoms with van der Waals surface area (Å²) in [5.41, 5.74) is 0.609. The largest absolute Gasteiger partial charge is 0.488 e. The Kier molecular flexibility index (Phi) is 13.8. The molecule has 2 N–H and O–H groups in total. The van der Waals surface area contributed by atoms with Gasteiger partial charge in [-0.2, -0.15) is 0 Å². The maximum Gasteiger partial charge on any atom is 0.488 e. The van der Waals surface area contributed by atoms with Gasteiger partial charge >= 0.3 is 7.12 Å². The summed E-state index contributed by atoms with van der Waals surface area (Å²) in [7, 11) is -1.33. The molecule has 1 rings (SSSR count). The standard InChI is InChI=1S/C21H40BNO2/c1-2-3-4-5-6-7-8-9-10-11-12-13-14-15-18-23-19-16-21(17-20-23)22(24)25/h16-17,19,24-25H,2-15,18,20H2,1H3. The summed E-state index contributed by atoms with van der Waals surface area (Å²) in [5, 5.41) is 18.2. The molecule has 0 aromatic carbocycles. The molecule has 1 aliphatic heterocycles. The van der Waals surface area contributed by atoms with Gasteiger partial charge in [0, 0.05) is 13.1 Å². The number of hydrogen-bond donors (Lipinski definition) is 2. The zero-order valence-corrected chi connectivity index (χ0v) is 16.5. The van der Waals surface area contributed by atoms with E-state index in [0.29, 0.717) is 5.47 Å². The molecule has 25 heavy (non-hydrogen) atoms. The van der Waals surface area contributed by atoms with Crippen LogP contribution in [0.1, 0.15) is 96.8 Å². The summed E-state index contributed by atoms with van der Waals surface area (Å²) in [5.74, 6) is 0. The minimum absolute atomic E-state index is 0.609. The normalized spacial score (nSPS) is 14.0. The molecule has 0 amide bonds. The molecular formula is C21H40BNO2. The Morgan fingerprint density at radius 1 is 0.800 bits per heavy atom. The van der Waals surface area contributed by atoms with E-state index >= 15 is 0 Å². The molecule has 0 aromatic rings. The second-order valence-corrected chi connectivity index (χ2v) is 7.48. The molecule has 0 aliphatic carbocycles. The van der Waals surface area contributed by atoms with Gasteiger partial charge in [0.05, 0.1) is 0 Å². The second kappa shape index (κ2) is 15.5. The van der Waals surface area contributed by atoms with E-state index in [2.05, 4.69) is 11.8 Å². The molecule has 1 aliphatic rings.